The summed E-state index contributed by atoms with van der Waals surface area (Å²) in [5.41, 5.74) is 21.4. The van der Waals surface area contributed by atoms with Crippen molar-refractivity contribution in [3.05, 3.63) is 307 Å². The average molecular weight is 1150 g/mol. The Kier molecular flexibility index (Phi) is 10.8. The van der Waals surface area contributed by atoms with E-state index in [0.717, 1.165) is 0 Å². The molecular formula is C80H64O8. The molecule has 8 heteroatoms. The molecule has 0 spiro atoms. The summed E-state index contributed by atoms with van der Waals surface area (Å²) in [5, 5.41) is 0. The Morgan fingerprint density at radius 3 is 0.568 bits per heavy atom. The Bertz CT molecular complexity index is 3780. The molecule has 24 rings (SSSR count). The second-order valence-electron chi connectivity index (χ2n) is 27.1. The number of benzene rings is 8. The van der Waals surface area contributed by atoms with Crippen LogP contribution in [0.15, 0.2) is 218 Å². The SMILES string of the molecule is C1=C[C@H]2[C@@H]3[C@H](O[C@H]2c2ccccc21)[C@@H]1O[C@H]3c2ccccc21.C1=C[C@H]2[C@@H]3[C@H](O[C@H]2c2ccccc21)[C@@H]1O[C@H]3c2ccccc21.C1=C[C@H]2[C@@H]3[C@H](O[C@H]2c2ccccc21)[C@@H]1O[C@H]3c2ccccc21.C1=C[C@H]2[C@@H]3[C@H](O[C@H]2c2ccccc21)[C@@H]1O[C@H]3c2ccccc21. The van der Waals surface area contributed by atoms with E-state index in [-0.39, 0.29) is 97.7 Å². The molecule has 0 amide bonds. The number of hydrogen-bond donors (Lipinski definition) is 0. The summed E-state index contributed by atoms with van der Waals surface area (Å²) in [6, 6.07) is 69.1. The van der Waals surface area contributed by atoms with E-state index in [4.69, 9.17) is 37.9 Å². The molecule has 0 saturated carbocycles. The molecule has 0 unspecified atom stereocenters. The highest BCUT2D eigenvalue weighted by molar-refractivity contribution is 5.63. The van der Waals surface area contributed by atoms with Crippen LogP contribution in [-0.2, 0) is 37.9 Å². The third-order valence-electron chi connectivity index (χ3n) is 23.3. The van der Waals surface area contributed by atoms with Crippen molar-refractivity contribution in [3.63, 3.8) is 0 Å². The second kappa shape index (κ2) is 19.0. The molecule has 0 N–H and O–H groups in total. The monoisotopic (exact) mass is 1150 g/mol. The second-order valence-corrected chi connectivity index (χ2v) is 27.1. The number of ether oxygens (including phenoxy) is 8. The molecule has 4 aliphatic carbocycles. The summed E-state index contributed by atoms with van der Waals surface area (Å²) in [4.78, 5) is 0. The van der Waals surface area contributed by atoms with E-state index in [1.165, 1.54) is 89.0 Å². The molecule has 16 aliphatic rings. The van der Waals surface area contributed by atoms with Crippen LogP contribution in [0.3, 0.4) is 0 Å². The van der Waals surface area contributed by atoms with Crippen molar-refractivity contribution in [1.82, 2.24) is 0 Å². The Hall–Kier alpha value is -7.60. The van der Waals surface area contributed by atoms with Crippen molar-refractivity contribution >= 4 is 24.3 Å². The summed E-state index contributed by atoms with van der Waals surface area (Å²) in [7, 11) is 0. The maximum atomic E-state index is 6.53. The van der Waals surface area contributed by atoms with E-state index in [1.54, 1.807) is 0 Å². The van der Waals surface area contributed by atoms with Crippen molar-refractivity contribution in [2.75, 3.05) is 0 Å². The fourth-order valence-corrected chi connectivity index (χ4v) is 19.8. The first-order chi connectivity index (χ1) is 43.7. The van der Waals surface area contributed by atoms with E-state index < -0.39 is 0 Å². The van der Waals surface area contributed by atoms with Gasteiger partial charge in [-0.05, 0) is 89.0 Å². The molecule has 432 valence electrons. The first-order valence-corrected chi connectivity index (χ1v) is 32.3. The number of hydrogen-bond acceptors (Lipinski definition) is 8. The molecule has 0 aromatic heterocycles. The summed E-state index contributed by atoms with van der Waals surface area (Å²) in [6.07, 6.45) is 21.3. The van der Waals surface area contributed by atoms with Crippen molar-refractivity contribution < 1.29 is 37.9 Å². The molecule has 8 saturated heterocycles. The summed E-state index contributed by atoms with van der Waals surface area (Å²) in [6.45, 7) is 0. The van der Waals surface area contributed by atoms with Crippen LogP contribution >= 0.6 is 0 Å². The summed E-state index contributed by atoms with van der Waals surface area (Å²) >= 11 is 0. The van der Waals surface area contributed by atoms with Crippen molar-refractivity contribution in [1.29, 1.82) is 0 Å². The minimum absolute atomic E-state index is 0.123. The molecule has 88 heavy (non-hydrogen) atoms. The Morgan fingerprint density at radius 2 is 0.352 bits per heavy atom. The lowest BCUT2D eigenvalue weighted by molar-refractivity contribution is -0.0396. The Morgan fingerprint density at radius 1 is 0.170 bits per heavy atom. The Balaban J connectivity index is 0.0000000803. The first-order valence-electron chi connectivity index (χ1n) is 32.3. The zero-order valence-corrected chi connectivity index (χ0v) is 48.2. The van der Waals surface area contributed by atoms with Gasteiger partial charge >= 0.3 is 0 Å². The van der Waals surface area contributed by atoms with Gasteiger partial charge in [-0.1, -0.05) is 243 Å². The molecule has 8 fully saturated rings. The van der Waals surface area contributed by atoms with Crippen LogP contribution in [0.4, 0.5) is 0 Å². The molecule has 8 aromatic carbocycles. The fraction of sp³-hybridized carbons (Fsp3) is 0.300. The van der Waals surface area contributed by atoms with Crippen LogP contribution < -0.4 is 0 Å². The van der Waals surface area contributed by atoms with E-state index >= 15 is 0 Å². The quantitative estimate of drug-likeness (QED) is 0.149. The topological polar surface area (TPSA) is 73.8 Å². The largest absolute Gasteiger partial charge is 0.366 e. The van der Waals surface area contributed by atoms with Gasteiger partial charge < -0.3 is 37.9 Å². The smallest absolute Gasteiger partial charge is 0.110 e. The molecule has 0 radical (unpaired) electrons. The van der Waals surface area contributed by atoms with Gasteiger partial charge in [-0.15, -0.1) is 0 Å². The first kappa shape index (κ1) is 50.3. The average Bonchev–Trinajstić information content (AvgIpc) is 1.68. The minimum Gasteiger partial charge on any atom is -0.366 e. The number of rotatable bonds is 0. The normalized spacial score (nSPS) is 39.3. The van der Waals surface area contributed by atoms with E-state index in [9.17, 15) is 0 Å². The van der Waals surface area contributed by atoms with Gasteiger partial charge in [0.05, 0.1) is 73.2 Å². The van der Waals surface area contributed by atoms with Crippen LogP contribution in [-0.4, -0.2) is 24.4 Å². The van der Waals surface area contributed by atoms with Gasteiger partial charge in [-0.2, -0.15) is 0 Å². The highest BCUT2D eigenvalue weighted by Crippen LogP contribution is 2.69. The van der Waals surface area contributed by atoms with Crippen LogP contribution in [0.1, 0.15) is 162 Å². The van der Waals surface area contributed by atoms with Crippen molar-refractivity contribution in [2.45, 2.75) is 97.7 Å². The fourth-order valence-electron chi connectivity index (χ4n) is 19.8. The lowest BCUT2D eigenvalue weighted by Crippen LogP contribution is -2.26. The van der Waals surface area contributed by atoms with Gasteiger partial charge in [-0.3, -0.25) is 0 Å². The summed E-state index contributed by atoms with van der Waals surface area (Å²) in [5.74, 6) is 3.55. The molecule has 8 bridgehead atoms. The van der Waals surface area contributed by atoms with Crippen LogP contribution in [0, 0.1) is 47.3 Å². The molecule has 12 aliphatic heterocycles. The predicted molar refractivity (Wildman–Crippen MR) is 332 cm³/mol. The third kappa shape index (κ3) is 6.93. The van der Waals surface area contributed by atoms with Crippen LogP contribution in [0.2, 0.25) is 0 Å². The molecule has 24 atom stereocenters. The zero-order valence-electron chi connectivity index (χ0n) is 48.2. The van der Waals surface area contributed by atoms with Crippen molar-refractivity contribution in [2.24, 2.45) is 47.3 Å². The van der Waals surface area contributed by atoms with Gasteiger partial charge in [0.1, 0.15) is 24.4 Å². The highest BCUT2D eigenvalue weighted by atomic mass is 16.6. The van der Waals surface area contributed by atoms with E-state index in [1.807, 2.05) is 0 Å². The van der Waals surface area contributed by atoms with E-state index in [0.29, 0.717) is 47.3 Å². The number of fused-ring (bicyclic) bond motifs is 48. The molecule has 8 nitrogen and oxygen atoms in total. The lowest BCUT2D eigenvalue weighted by atomic mass is 9.73. The maximum absolute atomic E-state index is 6.53. The maximum Gasteiger partial charge on any atom is 0.110 e. The van der Waals surface area contributed by atoms with Gasteiger partial charge in [0.15, 0.2) is 0 Å². The van der Waals surface area contributed by atoms with Crippen LogP contribution in [0.25, 0.3) is 24.3 Å². The predicted octanol–water partition coefficient (Wildman–Crippen LogP) is 16.8. The standard InChI is InChI=1S/4C20H16O2/c4*1-2-6-12-11(5-1)9-10-15-16-18-13-7-3-4-8-14(13)19(22-18)20(16)21-17(12)15/h4*1-10,15-20H/t4*15-,16-,17-,18-,19+,20-/m0000/s1. The van der Waals surface area contributed by atoms with Gasteiger partial charge in [0, 0.05) is 47.3 Å². The minimum atomic E-state index is 0.123. The van der Waals surface area contributed by atoms with Crippen LogP contribution in [0.5, 0.6) is 0 Å². The van der Waals surface area contributed by atoms with Gasteiger partial charge in [0.2, 0.25) is 0 Å². The zero-order chi connectivity index (χ0) is 57.0. The highest BCUT2D eigenvalue weighted by Gasteiger charge is 2.65. The molecule has 8 aromatic rings. The third-order valence-corrected chi connectivity index (χ3v) is 23.3. The molecule has 12 heterocycles. The van der Waals surface area contributed by atoms with Crippen molar-refractivity contribution in [3.8, 4) is 0 Å². The van der Waals surface area contributed by atoms with E-state index in [2.05, 4.69) is 243 Å². The van der Waals surface area contributed by atoms with Gasteiger partial charge in [-0.25, -0.2) is 0 Å². The Labute approximate surface area is 512 Å². The summed E-state index contributed by atoms with van der Waals surface area (Å²) < 4.78 is 51.3. The molecular weight excluding hydrogens is 1090 g/mol. The van der Waals surface area contributed by atoms with Gasteiger partial charge in [0.25, 0.3) is 0 Å². The lowest BCUT2D eigenvalue weighted by Gasteiger charge is -2.27.